The summed E-state index contributed by atoms with van der Waals surface area (Å²) in [6.07, 6.45) is 3.04. The van der Waals surface area contributed by atoms with Crippen molar-refractivity contribution in [2.24, 2.45) is 0 Å². The fourth-order valence-corrected chi connectivity index (χ4v) is 2.86. The molecule has 1 amide bonds. The molecule has 1 N–H and O–H groups in total. The first kappa shape index (κ1) is 14.2. The second-order valence-electron chi connectivity index (χ2n) is 5.60. The largest absolute Gasteiger partial charge is 0.454 e. The van der Waals surface area contributed by atoms with Crippen molar-refractivity contribution in [3.63, 3.8) is 0 Å². The molecule has 2 aliphatic heterocycles. The third-order valence-electron chi connectivity index (χ3n) is 3.98. The molecule has 5 heteroatoms. The van der Waals surface area contributed by atoms with E-state index in [0.717, 1.165) is 49.4 Å². The Morgan fingerprint density at radius 3 is 3.05 bits per heavy atom. The van der Waals surface area contributed by atoms with E-state index in [1.54, 1.807) is 0 Å². The van der Waals surface area contributed by atoms with Crippen LogP contribution in [-0.2, 0) is 11.3 Å². The van der Waals surface area contributed by atoms with E-state index in [0.29, 0.717) is 6.54 Å². The van der Waals surface area contributed by atoms with Gasteiger partial charge in [-0.1, -0.05) is 13.0 Å². The van der Waals surface area contributed by atoms with Crippen LogP contribution in [0.15, 0.2) is 18.2 Å². The molecular formula is C16H22N2O3. The molecule has 0 saturated carbocycles. The summed E-state index contributed by atoms with van der Waals surface area (Å²) < 4.78 is 10.7. The van der Waals surface area contributed by atoms with Gasteiger partial charge < -0.3 is 19.7 Å². The van der Waals surface area contributed by atoms with Gasteiger partial charge >= 0.3 is 0 Å². The molecule has 0 aliphatic carbocycles. The Bertz CT molecular complexity index is 518. The Morgan fingerprint density at radius 2 is 2.19 bits per heavy atom. The summed E-state index contributed by atoms with van der Waals surface area (Å²) in [5, 5.41) is 3.34. The van der Waals surface area contributed by atoms with Crippen LogP contribution in [0.5, 0.6) is 11.5 Å². The van der Waals surface area contributed by atoms with Gasteiger partial charge in [0.05, 0.1) is 6.04 Å². The number of piperidine rings is 1. The fraction of sp³-hybridized carbons (Fsp3) is 0.562. The number of carbonyl (C=O) groups is 1. The minimum absolute atomic E-state index is 0.0206. The number of ether oxygens (including phenoxy) is 2. The van der Waals surface area contributed by atoms with Gasteiger partial charge in [0.1, 0.15) is 0 Å². The SMILES string of the molecule is CCCNC1CCCN(Cc2ccc3c(c2)OCO3)C1=O. The van der Waals surface area contributed by atoms with Gasteiger partial charge in [-0.15, -0.1) is 0 Å². The Labute approximate surface area is 125 Å². The smallest absolute Gasteiger partial charge is 0.240 e. The summed E-state index contributed by atoms with van der Waals surface area (Å²) in [7, 11) is 0. The molecule has 1 saturated heterocycles. The van der Waals surface area contributed by atoms with Crippen LogP contribution < -0.4 is 14.8 Å². The molecule has 0 bridgehead atoms. The zero-order valence-corrected chi connectivity index (χ0v) is 12.4. The van der Waals surface area contributed by atoms with Crippen molar-refractivity contribution in [1.82, 2.24) is 10.2 Å². The number of carbonyl (C=O) groups excluding carboxylic acids is 1. The highest BCUT2D eigenvalue weighted by Gasteiger charge is 2.28. The number of hydrogen-bond acceptors (Lipinski definition) is 4. The van der Waals surface area contributed by atoms with E-state index >= 15 is 0 Å². The van der Waals surface area contributed by atoms with E-state index in [-0.39, 0.29) is 18.7 Å². The van der Waals surface area contributed by atoms with Crippen molar-refractivity contribution < 1.29 is 14.3 Å². The molecule has 114 valence electrons. The highest BCUT2D eigenvalue weighted by molar-refractivity contribution is 5.82. The maximum Gasteiger partial charge on any atom is 0.240 e. The van der Waals surface area contributed by atoms with E-state index in [9.17, 15) is 4.79 Å². The predicted molar refractivity (Wildman–Crippen MR) is 79.3 cm³/mol. The van der Waals surface area contributed by atoms with Crippen LogP contribution in [0.25, 0.3) is 0 Å². The minimum Gasteiger partial charge on any atom is -0.454 e. The van der Waals surface area contributed by atoms with Gasteiger partial charge in [-0.05, 0) is 43.5 Å². The van der Waals surface area contributed by atoms with Gasteiger partial charge in [-0.3, -0.25) is 4.79 Å². The van der Waals surface area contributed by atoms with Gasteiger partial charge in [-0.2, -0.15) is 0 Å². The molecule has 1 fully saturated rings. The standard InChI is InChI=1S/C16H22N2O3/c1-2-7-17-13-4-3-8-18(16(13)19)10-12-5-6-14-15(9-12)21-11-20-14/h5-6,9,13,17H,2-4,7-8,10-11H2,1H3. The van der Waals surface area contributed by atoms with Crippen LogP contribution in [0.2, 0.25) is 0 Å². The molecule has 2 aliphatic rings. The van der Waals surface area contributed by atoms with Crippen LogP contribution in [-0.4, -0.2) is 36.7 Å². The monoisotopic (exact) mass is 290 g/mol. The number of rotatable bonds is 5. The zero-order chi connectivity index (χ0) is 14.7. The highest BCUT2D eigenvalue weighted by Crippen LogP contribution is 2.33. The van der Waals surface area contributed by atoms with E-state index in [2.05, 4.69) is 12.2 Å². The van der Waals surface area contributed by atoms with E-state index in [1.165, 1.54) is 0 Å². The lowest BCUT2D eigenvalue weighted by molar-refractivity contribution is -0.136. The predicted octanol–water partition coefficient (Wildman–Crippen LogP) is 1.91. The number of amides is 1. The number of hydrogen-bond donors (Lipinski definition) is 1. The second-order valence-corrected chi connectivity index (χ2v) is 5.60. The molecule has 0 radical (unpaired) electrons. The lowest BCUT2D eigenvalue weighted by Crippen LogP contribution is -2.50. The minimum atomic E-state index is -0.0206. The normalized spacial score (nSPS) is 20.9. The molecule has 21 heavy (non-hydrogen) atoms. The topological polar surface area (TPSA) is 50.8 Å². The van der Waals surface area contributed by atoms with Gasteiger partial charge in [0.15, 0.2) is 11.5 Å². The first-order valence-corrected chi connectivity index (χ1v) is 7.68. The van der Waals surface area contributed by atoms with Crippen molar-refractivity contribution in [2.45, 2.75) is 38.8 Å². The Morgan fingerprint density at radius 1 is 1.33 bits per heavy atom. The summed E-state index contributed by atoms with van der Waals surface area (Å²) in [5.74, 6) is 1.77. The average molecular weight is 290 g/mol. The van der Waals surface area contributed by atoms with E-state index < -0.39 is 0 Å². The van der Waals surface area contributed by atoms with Crippen LogP contribution >= 0.6 is 0 Å². The second kappa shape index (κ2) is 6.35. The van der Waals surface area contributed by atoms with Crippen molar-refractivity contribution in [1.29, 1.82) is 0 Å². The highest BCUT2D eigenvalue weighted by atomic mass is 16.7. The summed E-state index contributed by atoms with van der Waals surface area (Å²) in [4.78, 5) is 14.4. The number of fused-ring (bicyclic) bond motifs is 1. The van der Waals surface area contributed by atoms with Crippen molar-refractivity contribution in [3.8, 4) is 11.5 Å². The van der Waals surface area contributed by atoms with Crippen LogP contribution in [0.3, 0.4) is 0 Å². The van der Waals surface area contributed by atoms with Gasteiger partial charge in [-0.25, -0.2) is 0 Å². The third-order valence-corrected chi connectivity index (χ3v) is 3.98. The number of benzene rings is 1. The van der Waals surface area contributed by atoms with Crippen LogP contribution in [0.4, 0.5) is 0 Å². The molecule has 0 spiro atoms. The zero-order valence-electron chi connectivity index (χ0n) is 12.4. The number of nitrogens with one attached hydrogen (secondary N) is 1. The van der Waals surface area contributed by atoms with E-state index in [1.807, 2.05) is 23.1 Å². The first-order valence-electron chi connectivity index (χ1n) is 7.68. The molecule has 5 nitrogen and oxygen atoms in total. The lowest BCUT2D eigenvalue weighted by atomic mass is 10.0. The Balaban J connectivity index is 1.65. The molecule has 1 atom stereocenters. The van der Waals surface area contributed by atoms with Gasteiger partial charge in [0, 0.05) is 13.1 Å². The van der Waals surface area contributed by atoms with Gasteiger partial charge in [0.25, 0.3) is 0 Å². The maximum absolute atomic E-state index is 12.5. The Hall–Kier alpha value is -1.75. The molecule has 1 aromatic rings. The van der Waals surface area contributed by atoms with Crippen LogP contribution in [0, 0.1) is 0 Å². The molecular weight excluding hydrogens is 268 g/mol. The summed E-state index contributed by atoms with van der Waals surface area (Å²) in [5.41, 5.74) is 1.09. The Kier molecular flexibility index (Phi) is 4.29. The van der Waals surface area contributed by atoms with E-state index in [4.69, 9.17) is 9.47 Å². The van der Waals surface area contributed by atoms with Crippen molar-refractivity contribution >= 4 is 5.91 Å². The molecule has 0 aromatic heterocycles. The summed E-state index contributed by atoms with van der Waals surface area (Å²) in [6.45, 7) is 4.76. The molecule has 2 heterocycles. The third kappa shape index (κ3) is 3.13. The maximum atomic E-state index is 12.5. The first-order chi connectivity index (χ1) is 10.3. The lowest BCUT2D eigenvalue weighted by Gasteiger charge is -2.32. The average Bonchev–Trinajstić information content (AvgIpc) is 2.96. The molecule has 3 rings (SSSR count). The molecule has 1 aromatic carbocycles. The van der Waals surface area contributed by atoms with Crippen LogP contribution in [0.1, 0.15) is 31.7 Å². The van der Waals surface area contributed by atoms with Crippen molar-refractivity contribution in [2.75, 3.05) is 19.9 Å². The molecule has 1 unspecified atom stereocenters. The summed E-state index contributed by atoms with van der Waals surface area (Å²) >= 11 is 0. The number of likely N-dealkylation sites (tertiary alicyclic amines) is 1. The fourth-order valence-electron chi connectivity index (χ4n) is 2.86. The summed E-state index contributed by atoms with van der Waals surface area (Å²) in [6, 6.07) is 5.87. The van der Waals surface area contributed by atoms with Crippen molar-refractivity contribution in [3.05, 3.63) is 23.8 Å². The quantitative estimate of drug-likeness (QED) is 0.900. The van der Waals surface area contributed by atoms with Gasteiger partial charge in [0.2, 0.25) is 12.7 Å². The number of nitrogens with zero attached hydrogens (tertiary/aromatic N) is 1.